The van der Waals surface area contributed by atoms with Crippen LogP contribution in [0.3, 0.4) is 0 Å². The van der Waals surface area contributed by atoms with Crippen LogP contribution < -0.4 is 5.32 Å². The zero-order valence-electron chi connectivity index (χ0n) is 32.4. The van der Waals surface area contributed by atoms with E-state index >= 15 is 0 Å². The quantitative estimate of drug-likeness (QED) is 0.149. The van der Waals surface area contributed by atoms with E-state index in [9.17, 15) is 0 Å². The van der Waals surface area contributed by atoms with Gasteiger partial charge in [0, 0.05) is 55.1 Å². The smallest absolute Gasteiger partial charge is 0.145 e. The summed E-state index contributed by atoms with van der Waals surface area (Å²) in [6.45, 7) is 8.67. The lowest BCUT2D eigenvalue weighted by Gasteiger charge is -2.20. The zero-order chi connectivity index (χ0) is 39.5. The van der Waals surface area contributed by atoms with Crippen molar-refractivity contribution in [3.63, 3.8) is 0 Å². The summed E-state index contributed by atoms with van der Waals surface area (Å²) in [5, 5.41) is 9.02. The first kappa shape index (κ1) is 34.6. The molecule has 282 valence electrons. The van der Waals surface area contributed by atoms with Crippen LogP contribution in [-0.4, -0.2) is 10.3 Å². The number of fused-ring (bicyclic) bond motifs is 9. The summed E-state index contributed by atoms with van der Waals surface area (Å²) >= 11 is 0. The molecule has 3 heterocycles. The van der Waals surface area contributed by atoms with Crippen LogP contribution in [0.1, 0.15) is 40.5 Å². The number of para-hydroxylation sites is 1. The van der Waals surface area contributed by atoms with Gasteiger partial charge in [-0.25, -0.2) is 0 Å². The van der Waals surface area contributed by atoms with Gasteiger partial charge in [0.1, 0.15) is 28.5 Å². The third-order valence-corrected chi connectivity index (χ3v) is 11.7. The predicted octanol–water partition coefficient (Wildman–Crippen LogP) is 14.0. The van der Waals surface area contributed by atoms with Gasteiger partial charge in [-0.2, -0.15) is 0 Å². The van der Waals surface area contributed by atoms with Crippen molar-refractivity contribution in [1.82, 2.24) is 9.88 Å². The van der Waals surface area contributed by atoms with Gasteiger partial charge in [0.2, 0.25) is 0 Å². The van der Waals surface area contributed by atoms with E-state index in [4.69, 9.17) is 13.8 Å². The van der Waals surface area contributed by atoms with Gasteiger partial charge < -0.3 is 18.7 Å². The molecule has 7 aromatic carbocycles. The molecule has 1 atom stereocenters. The van der Waals surface area contributed by atoms with Crippen LogP contribution in [0.2, 0.25) is 0 Å². The van der Waals surface area contributed by atoms with Crippen LogP contribution in [-0.2, 0) is 6.42 Å². The lowest BCUT2D eigenvalue weighted by atomic mass is 9.93. The molecule has 0 amide bonds. The standard InChI is InChI=1S/C54H39N3O2/c1-3-44(56-54(36-19-8-5-9-20-36)55-34(2)35-17-6-4-7-18-35)42-25-16-30-50-53(42)52-41(24-15-29-49(52)59-50)40-23-14-28-48-51(40)43-33-37(31-32-47(43)58-48)57-45-26-12-10-21-38(45)39-22-11-13-27-46(39)57/h3-12,14-26,28-33,54-55H,1-2,13,27H2. The number of aromatic nitrogens is 1. The molecule has 11 rings (SSSR count). The van der Waals surface area contributed by atoms with E-state index in [1.54, 1.807) is 0 Å². The molecule has 1 aliphatic carbocycles. The molecule has 0 radical (unpaired) electrons. The molecule has 0 saturated carbocycles. The highest BCUT2D eigenvalue weighted by Crippen LogP contribution is 2.44. The van der Waals surface area contributed by atoms with Gasteiger partial charge >= 0.3 is 0 Å². The van der Waals surface area contributed by atoms with E-state index < -0.39 is 6.17 Å². The van der Waals surface area contributed by atoms with Crippen molar-refractivity contribution in [2.75, 3.05) is 0 Å². The number of hydrogen-bond donors (Lipinski definition) is 1. The van der Waals surface area contributed by atoms with E-state index in [1.807, 2.05) is 72.8 Å². The lowest BCUT2D eigenvalue weighted by molar-refractivity contribution is 0.668. The second kappa shape index (κ2) is 14.1. The molecule has 1 unspecified atom stereocenters. The molecule has 59 heavy (non-hydrogen) atoms. The summed E-state index contributed by atoms with van der Waals surface area (Å²) < 4.78 is 15.7. The van der Waals surface area contributed by atoms with Gasteiger partial charge in [-0.05, 0) is 83.6 Å². The SMILES string of the molecule is C=CC(=NC(NC(=C)c1ccccc1)c1ccccc1)c1cccc2oc3cccc(-c4cccc5oc6ccc(-n7c8c(c9ccccc97)C=CCC8)cc6c45)c3c12. The first-order valence-corrected chi connectivity index (χ1v) is 20.1. The molecular weight excluding hydrogens is 723 g/mol. The van der Waals surface area contributed by atoms with Crippen molar-refractivity contribution in [3.8, 4) is 16.8 Å². The van der Waals surface area contributed by atoms with Gasteiger partial charge in [-0.15, -0.1) is 0 Å². The third-order valence-electron chi connectivity index (χ3n) is 11.7. The zero-order valence-corrected chi connectivity index (χ0v) is 32.4. The number of benzene rings is 7. The fraction of sp³-hybridized carbons (Fsp3) is 0.0556. The number of aliphatic imine (C=N–C) groups is 1. The van der Waals surface area contributed by atoms with E-state index in [0.29, 0.717) is 0 Å². The lowest BCUT2D eigenvalue weighted by Crippen LogP contribution is -2.19. The van der Waals surface area contributed by atoms with Crippen LogP contribution in [0.4, 0.5) is 0 Å². The summed E-state index contributed by atoms with van der Waals surface area (Å²) in [6, 6.07) is 54.5. The maximum Gasteiger partial charge on any atom is 0.145 e. The highest BCUT2D eigenvalue weighted by atomic mass is 16.3. The monoisotopic (exact) mass is 761 g/mol. The minimum Gasteiger partial charge on any atom is -0.456 e. The Bertz CT molecular complexity index is 3340. The molecule has 0 saturated heterocycles. The average molecular weight is 762 g/mol. The Hall–Kier alpha value is -7.63. The number of nitrogens with zero attached hydrogens (tertiary/aromatic N) is 2. The van der Waals surface area contributed by atoms with E-state index in [2.05, 4.69) is 126 Å². The Balaban J connectivity index is 1.10. The first-order valence-electron chi connectivity index (χ1n) is 20.1. The van der Waals surface area contributed by atoms with E-state index in [-0.39, 0.29) is 0 Å². The Kier molecular flexibility index (Phi) is 8.26. The highest BCUT2D eigenvalue weighted by Gasteiger charge is 2.23. The largest absolute Gasteiger partial charge is 0.456 e. The van der Waals surface area contributed by atoms with Crippen molar-refractivity contribution >= 4 is 72.3 Å². The molecular formula is C54H39N3O2. The van der Waals surface area contributed by atoms with Crippen molar-refractivity contribution in [3.05, 3.63) is 211 Å². The van der Waals surface area contributed by atoms with Crippen LogP contribution in [0, 0.1) is 0 Å². The molecule has 0 spiro atoms. The van der Waals surface area contributed by atoms with Gasteiger partial charge in [0.25, 0.3) is 0 Å². The van der Waals surface area contributed by atoms with Crippen molar-refractivity contribution in [1.29, 1.82) is 0 Å². The van der Waals surface area contributed by atoms with Crippen LogP contribution in [0.15, 0.2) is 197 Å². The average Bonchev–Trinajstić information content (AvgIpc) is 3.98. The predicted molar refractivity (Wildman–Crippen MR) is 245 cm³/mol. The minimum atomic E-state index is -0.427. The molecule has 1 aliphatic rings. The Morgan fingerprint density at radius 2 is 1.34 bits per heavy atom. The summed E-state index contributed by atoms with van der Waals surface area (Å²) in [7, 11) is 0. The number of nitrogens with one attached hydrogen (secondary N) is 1. The minimum absolute atomic E-state index is 0.427. The number of allylic oxidation sites excluding steroid dienone is 2. The molecule has 5 nitrogen and oxygen atoms in total. The van der Waals surface area contributed by atoms with Crippen molar-refractivity contribution in [2.24, 2.45) is 4.99 Å². The second-order valence-electron chi connectivity index (χ2n) is 15.1. The second-order valence-corrected chi connectivity index (χ2v) is 15.1. The Labute approximate surface area is 341 Å². The normalized spacial score (nSPS) is 13.4. The van der Waals surface area contributed by atoms with E-state index in [1.165, 1.54) is 22.2 Å². The molecule has 0 bridgehead atoms. The third kappa shape index (κ3) is 5.73. The van der Waals surface area contributed by atoms with Crippen molar-refractivity contribution in [2.45, 2.75) is 19.0 Å². The van der Waals surface area contributed by atoms with Crippen LogP contribution in [0.25, 0.3) is 83.4 Å². The molecule has 1 N–H and O–H groups in total. The maximum absolute atomic E-state index is 6.65. The first-order chi connectivity index (χ1) is 29.1. The van der Waals surface area contributed by atoms with Gasteiger partial charge in [0.15, 0.2) is 0 Å². The number of hydrogen-bond acceptors (Lipinski definition) is 4. The van der Waals surface area contributed by atoms with Gasteiger partial charge in [0.05, 0.1) is 11.2 Å². The Morgan fingerprint density at radius 3 is 2.14 bits per heavy atom. The number of furan rings is 2. The topological polar surface area (TPSA) is 55.6 Å². The highest BCUT2D eigenvalue weighted by molar-refractivity contribution is 6.26. The molecule has 3 aromatic heterocycles. The molecule has 0 fully saturated rings. The van der Waals surface area contributed by atoms with Gasteiger partial charge in [-0.3, -0.25) is 4.99 Å². The summed E-state index contributed by atoms with van der Waals surface area (Å²) in [4.78, 5) is 5.37. The number of rotatable bonds is 9. The van der Waals surface area contributed by atoms with Crippen LogP contribution in [0.5, 0.6) is 0 Å². The van der Waals surface area contributed by atoms with Crippen LogP contribution >= 0.6 is 0 Å². The molecule has 10 aromatic rings. The van der Waals surface area contributed by atoms with E-state index in [0.717, 1.165) is 102 Å². The van der Waals surface area contributed by atoms with Crippen molar-refractivity contribution < 1.29 is 8.83 Å². The Morgan fingerprint density at radius 1 is 0.661 bits per heavy atom. The molecule has 5 heteroatoms. The fourth-order valence-electron chi connectivity index (χ4n) is 9.03. The summed E-state index contributed by atoms with van der Waals surface area (Å²) in [6.07, 6.45) is 8.00. The molecule has 0 aliphatic heterocycles. The maximum atomic E-state index is 6.65. The van der Waals surface area contributed by atoms with Gasteiger partial charge in [-0.1, -0.05) is 141 Å². The summed E-state index contributed by atoms with van der Waals surface area (Å²) in [5.74, 6) is 0. The fourth-order valence-corrected chi connectivity index (χ4v) is 9.03. The summed E-state index contributed by atoms with van der Waals surface area (Å²) in [5.41, 5.74) is 14.9.